The zero-order valence-corrected chi connectivity index (χ0v) is 11.2. The van der Waals surface area contributed by atoms with Gasteiger partial charge in [0.05, 0.1) is 18.2 Å². The summed E-state index contributed by atoms with van der Waals surface area (Å²) in [6, 6.07) is 5.59. The molecule has 1 atom stereocenters. The van der Waals surface area contributed by atoms with E-state index in [0.29, 0.717) is 5.75 Å². The number of hydrogen-bond donors (Lipinski definition) is 2. The quantitative estimate of drug-likeness (QED) is 0.807. The number of benzene rings is 1. The highest BCUT2D eigenvalue weighted by atomic mass is 35.5. The number of alkyl halides is 1. The summed E-state index contributed by atoms with van der Waals surface area (Å²) in [4.78, 5) is 0.00529. The fourth-order valence-corrected chi connectivity index (χ4v) is 1.63. The lowest BCUT2D eigenvalue weighted by molar-refractivity contribution is 0.221. The minimum absolute atomic E-state index is 0. The first-order valence-electron chi connectivity index (χ1n) is 4.99. The number of ether oxygens (including phenoxy) is 1. The molecule has 0 bridgehead atoms. The van der Waals surface area contributed by atoms with Gasteiger partial charge in [-0.1, -0.05) is 0 Å². The molecule has 1 unspecified atom stereocenters. The predicted molar refractivity (Wildman–Crippen MR) is 69.1 cm³/mol. The van der Waals surface area contributed by atoms with Gasteiger partial charge in [-0.3, -0.25) is 4.39 Å². The molecule has 0 aromatic heterocycles. The zero-order chi connectivity index (χ0) is 12.9. The monoisotopic (exact) mass is 298 g/mol. The van der Waals surface area contributed by atoms with Crippen LogP contribution in [0.15, 0.2) is 29.2 Å². The Bertz CT molecular complexity index is 449. The lowest BCUT2D eigenvalue weighted by atomic mass is 10.2. The third-order valence-electron chi connectivity index (χ3n) is 2.19. The highest BCUT2D eigenvalue weighted by Crippen LogP contribution is 2.15. The maximum absolute atomic E-state index is 12.3. The molecule has 0 aliphatic rings. The summed E-state index contributed by atoms with van der Waals surface area (Å²) < 4.78 is 39.5. The minimum Gasteiger partial charge on any atom is -0.493 e. The summed E-state index contributed by atoms with van der Waals surface area (Å²) in [7, 11) is -3.70. The van der Waals surface area contributed by atoms with E-state index in [0.717, 1.165) is 0 Å². The van der Waals surface area contributed by atoms with Gasteiger partial charge in [-0.2, -0.15) is 0 Å². The van der Waals surface area contributed by atoms with Crippen molar-refractivity contribution in [2.45, 2.75) is 4.90 Å². The highest BCUT2D eigenvalue weighted by Gasteiger charge is 2.09. The van der Waals surface area contributed by atoms with Gasteiger partial charge in [0.25, 0.3) is 0 Å². The number of primary sulfonamides is 1. The van der Waals surface area contributed by atoms with E-state index < -0.39 is 16.7 Å². The molecule has 0 fully saturated rings. The fourth-order valence-electron chi connectivity index (χ4n) is 1.12. The minimum atomic E-state index is -3.70. The Kier molecular flexibility index (Phi) is 7.15. The molecule has 5 nitrogen and oxygen atoms in total. The fraction of sp³-hybridized carbons (Fsp3) is 0.400. The van der Waals surface area contributed by atoms with Crippen LogP contribution in [0.4, 0.5) is 4.39 Å². The van der Waals surface area contributed by atoms with E-state index in [1.807, 2.05) is 0 Å². The summed E-state index contributed by atoms with van der Waals surface area (Å²) >= 11 is 0. The van der Waals surface area contributed by atoms with E-state index in [4.69, 9.17) is 15.6 Å². The largest absolute Gasteiger partial charge is 0.493 e. The van der Waals surface area contributed by atoms with Gasteiger partial charge in [-0.15, -0.1) is 12.4 Å². The van der Waals surface area contributed by atoms with E-state index in [-0.39, 0.29) is 36.4 Å². The Morgan fingerprint density at radius 3 is 2.22 bits per heavy atom. The summed E-state index contributed by atoms with van der Waals surface area (Å²) in [6.07, 6.45) is 0. The van der Waals surface area contributed by atoms with Gasteiger partial charge in [-0.25, -0.2) is 13.6 Å². The van der Waals surface area contributed by atoms with Crippen LogP contribution >= 0.6 is 12.4 Å². The summed E-state index contributed by atoms with van der Waals surface area (Å²) in [5.74, 6) is 0.0946. The van der Waals surface area contributed by atoms with Crippen molar-refractivity contribution in [2.24, 2.45) is 16.8 Å². The second-order valence-corrected chi connectivity index (χ2v) is 5.14. The maximum Gasteiger partial charge on any atom is 0.238 e. The topological polar surface area (TPSA) is 95.4 Å². The normalized spacial score (nSPS) is 12.6. The van der Waals surface area contributed by atoms with E-state index in [2.05, 4.69) is 0 Å². The summed E-state index contributed by atoms with van der Waals surface area (Å²) in [5, 5.41) is 4.94. The Morgan fingerprint density at radius 2 is 1.83 bits per heavy atom. The van der Waals surface area contributed by atoms with Crippen LogP contribution in [0.2, 0.25) is 0 Å². The van der Waals surface area contributed by atoms with Crippen LogP contribution in [0.5, 0.6) is 5.75 Å². The zero-order valence-electron chi connectivity index (χ0n) is 9.58. The predicted octanol–water partition coefficient (Wildman–Crippen LogP) is 0.679. The molecular formula is C10H16ClFN2O3S. The smallest absolute Gasteiger partial charge is 0.238 e. The molecule has 0 saturated heterocycles. The average Bonchev–Trinajstić information content (AvgIpc) is 2.30. The van der Waals surface area contributed by atoms with Crippen LogP contribution < -0.4 is 15.6 Å². The summed E-state index contributed by atoms with van der Waals surface area (Å²) in [5.41, 5.74) is 5.31. The summed E-state index contributed by atoms with van der Waals surface area (Å²) in [6.45, 7) is -0.195. The third-order valence-corrected chi connectivity index (χ3v) is 3.12. The van der Waals surface area contributed by atoms with Gasteiger partial charge in [-0.05, 0) is 24.3 Å². The van der Waals surface area contributed by atoms with E-state index in [1.165, 1.54) is 24.3 Å². The molecule has 0 saturated carbocycles. The van der Waals surface area contributed by atoms with E-state index in [1.54, 1.807) is 0 Å². The van der Waals surface area contributed by atoms with Crippen molar-refractivity contribution in [3.8, 4) is 5.75 Å². The molecule has 18 heavy (non-hydrogen) atoms. The highest BCUT2D eigenvalue weighted by molar-refractivity contribution is 7.89. The first-order valence-corrected chi connectivity index (χ1v) is 6.53. The first-order chi connectivity index (χ1) is 7.97. The number of nitrogens with two attached hydrogens (primary N) is 2. The van der Waals surface area contributed by atoms with Gasteiger partial charge >= 0.3 is 0 Å². The Morgan fingerprint density at radius 1 is 1.28 bits per heavy atom. The van der Waals surface area contributed by atoms with Crippen molar-refractivity contribution < 1.29 is 17.5 Å². The van der Waals surface area contributed by atoms with Crippen molar-refractivity contribution in [1.82, 2.24) is 0 Å². The number of sulfonamides is 1. The molecule has 0 spiro atoms. The molecule has 1 aromatic rings. The molecule has 8 heteroatoms. The SMILES string of the molecule is Cl.NCC(CF)COc1ccc(S(N)(=O)=O)cc1. The Labute approximate surface area is 112 Å². The van der Waals surface area contributed by atoms with Crippen molar-refractivity contribution in [3.05, 3.63) is 24.3 Å². The molecule has 0 heterocycles. The van der Waals surface area contributed by atoms with Crippen molar-refractivity contribution >= 4 is 22.4 Å². The molecule has 4 N–H and O–H groups in total. The number of rotatable bonds is 6. The average molecular weight is 299 g/mol. The lowest BCUT2D eigenvalue weighted by Gasteiger charge is -2.12. The molecular weight excluding hydrogens is 283 g/mol. The Balaban J connectivity index is 0.00000289. The molecule has 0 radical (unpaired) electrons. The van der Waals surface area contributed by atoms with Crippen molar-refractivity contribution in [1.29, 1.82) is 0 Å². The molecule has 0 aliphatic heterocycles. The van der Waals surface area contributed by atoms with Crippen LogP contribution in [0, 0.1) is 5.92 Å². The van der Waals surface area contributed by atoms with Gasteiger partial charge < -0.3 is 10.5 Å². The van der Waals surface area contributed by atoms with Crippen molar-refractivity contribution in [3.63, 3.8) is 0 Å². The van der Waals surface area contributed by atoms with Crippen LogP contribution in [-0.4, -0.2) is 28.2 Å². The number of hydrogen-bond acceptors (Lipinski definition) is 4. The van der Waals surface area contributed by atoms with Gasteiger partial charge in [0, 0.05) is 12.5 Å². The second-order valence-electron chi connectivity index (χ2n) is 3.58. The Hall–Kier alpha value is -0.890. The van der Waals surface area contributed by atoms with Crippen molar-refractivity contribution in [2.75, 3.05) is 19.8 Å². The molecule has 0 aliphatic carbocycles. The molecule has 1 rings (SSSR count). The van der Waals surface area contributed by atoms with Gasteiger partial charge in [0.2, 0.25) is 10.0 Å². The third kappa shape index (κ3) is 5.18. The van der Waals surface area contributed by atoms with E-state index in [9.17, 15) is 12.8 Å². The molecule has 1 aromatic carbocycles. The standard InChI is InChI=1S/C10H15FN2O3S.ClH/c11-5-8(6-12)7-16-9-1-3-10(4-2-9)17(13,14)15;/h1-4,8H,5-7,12H2,(H2,13,14,15);1H. The van der Waals surface area contributed by atoms with Gasteiger partial charge in [0.1, 0.15) is 5.75 Å². The van der Waals surface area contributed by atoms with E-state index >= 15 is 0 Å². The van der Waals surface area contributed by atoms with Crippen LogP contribution in [0.3, 0.4) is 0 Å². The maximum atomic E-state index is 12.3. The van der Waals surface area contributed by atoms with Crippen LogP contribution in [0.25, 0.3) is 0 Å². The molecule has 0 amide bonds. The first kappa shape index (κ1) is 17.1. The lowest BCUT2D eigenvalue weighted by Crippen LogP contribution is -2.23. The van der Waals surface area contributed by atoms with Gasteiger partial charge in [0.15, 0.2) is 0 Å². The molecule has 104 valence electrons. The number of halogens is 2. The second kappa shape index (κ2) is 7.52. The van der Waals surface area contributed by atoms with Crippen LogP contribution in [-0.2, 0) is 10.0 Å². The van der Waals surface area contributed by atoms with Crippen LogP contribution in [0.1, 0.15) is 0 Å².